The van der Waals surface area contributed by atoms with Crippen LogP contribution in [0.25, 0.3) is 0 Å². The summed E-state index contributed by atoms with van der Waals surface area (Å²) in [6, 6.07) is 9.34. The number of hydrogen-bond acceptors (Lipinski definition) is 4. The largest absolute Gasteiger partial charge is 0.469 e. The summed E-state index contributed by atoms with van der Waals surface area (Å²) in [6.45, 7) is 0. The van der Waals surface area contributed by atoms with Gasteiger partial charge in [-0.2, -0.15) is 0 Å². The Balaban J connectivity index is 2.05. The van der Waals surface area contributed by atoms with Crippen molar-refractivity contribution >= 4 is 23.2 Å². The Labute approximate surface area is 131 Å². The van der Waals surface area contributed by atoms with E-state index in [1.807, 2.05) is 17.5 Å². The Kier molecular flexibility index (Phi) is 5.66. The molecule has 0 aliphatic rings. The summed E-state index contributed by atoms with van der Waals surface area (Å²) in [7, 11) is 1.30. The number of esters is 1. The lowest BCUT2D eigenvalue weighted by molar-refractivity contribution is -0.141. The highest BCUT2D eigenvalue weighted by Crippen LogP contribution is 2.22. The third-order valence-corrected chi connectivity index (χ3v) is 4.12. The Bertz CT molecular complexity index is 643. The predicted molar refractivity (Wildman–Crippen MR) is 81.9 cm³/mol. The van der Waals surface area contributed by atoms with Gasteiger partial charge in [-0.3, -0.25) is 9.59 Å². The van der Waals surface area contributed by atoms with E-state index >= 15 is 0 Å². The number of carbonyl (C=O) groups is 2. The number of amides is 1. The first-order valence-corrected chi connectivity index (χ1v) is 7.61. The van der Waals surface area contributed by atoms with Crippen LogP contribution in [0.15, 0.2) is 41.8 Å². The van der Waals surface area contributed by atoms with Crippen LogP contribution in [0.4, 0.5) is 4.39 Å². The summed E-state index contributed by atoms with van der Waals surface area (Å²) < 4.78 is 18.2. The van der Waals surface area contributed by atoms with Gasteiger partial charge in [0.15, 0.2) is 0 Å². The topological polar surface area (TPSA) is 55.4 Å². The molecule has 1 heterocycles. The normalized spacial score (nSPS) is 11.7. The average molecular weight is 321 g/mol. The summed E-state index contributed by atoms with van der Waals surface area (Å²) in [4.78, 5) is 24.5. The number of benzene rings is 1. The highest BCUT2D eigenvalue weighted by molar-refractivity contribution is 7.10. The molecule has 1 atom stereocenters. The van der Waals surface area contributed by atoms with Crippen molar-refractivity contribution in [3.05, 3.63) is 58.0 Å². The van der Waals surface area contributed by atoms with Crippen LogP contribution in [0.3, 0.4) is 0 Å². The average Bonchev–Trinajstić information content (AvgIpc) is 3.03. The van der Waals surface area contributed by atoms with Crippen LogP contribution in [0.5, 0.6) is 0 Å². The molecule has 116 valence electrons. The molecule has 1 N–H and O–H groups in total. The fourth-order valence-corrected chi connectivity index (χ4v) is 2.80. The minimum Gasteiger partial charge on any atom is -0.469 e. The molecule has 0 aliphatic heterocycles. The summed E-state index contributed by atoms with van der Waals surface area (Å²) in [5.41, 5.74) is 0.322. The van der Waals surface area contributed by atoms with Crippen molar-refractivity contribution < 1.29 is 18.7 Å². The molecule has 0 unspecified atom stereocenters. The third kappa shape index (κ3) is 4.39. The van der Waals surface area contributed by atoms with Crippen LogP contribution in [-0.2, 0) is 20.7 Å². The third-order valence-electron chi connectivity index (χ3n) is 3.13. The van der Waals surface area contributed by atoms with Crippen LogP contribution in [0.2, 0.25) is 0 Å². The van der Waals surface area contributed by atoms with Crippen LogP contribution in [-0.4, -0.2) is 19.0 Å². The number of carbonyl (C=O) groups excluding carboxylic acids is 2. The summed E-state index contributed by atoms with van der Waals surface area (Å²) in [5, 5.41) is 4.63. The van der Waals surface area contributed by atoms with Gasteiger partial charge in [0, 0.05) is 4.88 Å². The van der Waals surface area contributed by atoms with E-state index < -0.39 is 17.8 Å². The first-order chi connectivity index (χ1) is 10.6. The van der Waals surface area contributed by atoms with E-state index in [0.29, 0.717) is 5.56 Å². The SMILES string of the molecule is COC(=O)C[C@H](NC(=O)Cc1ccccc1F)c1cccs1. The second kappa shape index (κ2) is 7.70. The van der Waals surface area contributed by atoms with E-state index in [4.69, 9.17) is 0 Å². The highest BCUT2D eigenvalue weighted by atomic mass is 32.1. The van der Waals surface area contributed by atoms with Gasteiger partial charge in [-0.1, -0.05) is 24.3 Å². The van der Waals surface area contributed by atoms with Crippen LogP contribution < -0.4 is 5.32 Å². The molecule has 0 bridgehead atoms. The summed E-state index contributed by atoms with van der Waals surface area (Å²) in [5.74, 6) is -1.17. The molecule has 1 aromatic carbocycles. The Morgan fingerprint density at radius 3 is 2.68 bits per heavy atom. The van der Waals surface area contributed by atoms with Crippen molar-refractivity contribution in [1.82, 2.24) is 5.32 Å². The molecule has 0 fully saturated rings. The molecule has 2 rings (SSSR count). The number of nitrogens with one attached hydrogen (secondary N) is 1. The van der Waals surface area contributed by atoms with Gasteiger partial charge in [-0.15, -0.1) is 11.3 Å². The molecule has 2 aromatic rings. The number of halogens is 1. The smallest absolute Gasteiger partial charge is 0.307 e. The molecule has 0 radical (unpaired) electrons. The zero-order valence-corrected chi connectivity index (χ0v) is 12.9. The molecule has 0 spiro atoms. The summed E-state index contributed by atoms with van der Waals surface area (Å²) in [6.07, 6.45) is -0.0320. The molecule has 0 saturated heterocycles. The minimum atomic E-state index is -0.466. The van der Waals surface area contributed by atoms with E-state index in [9.17, 15) is 14.0 Å². The minimum absolute atomic E-state index is 0.0417. The maximum atomic E-state index is 13.6. The van der Waals surface area contributed by atoms with E-state index in [1.165, 1.54) is 24.5 Å². The monoisotopic (exact) mass is 321 g/mol. The Hall–Kier alpha value is -2.21. The van der Waals surface area contributed by atoms with Gasteiger partial charge in [0.2, 0.25) is 5.91 Å². The van der Waals surface area contributed by atoms with E-state index in [1.54, 1.807) is 18.2 Å². The van der Waals surface area contributed by atoms with Crippen molar-refractivity contribution in [2.45, 2.75) is 18.9 Å². The lowest BCUT2D eigenvalue weighted by Crippen LogP contribution is -2.31. The first kappa shape index (κ1) is 16.2. The summed E-state index contributed by atoms with van der Waals surface area (Å²) >= 11 is 1.44. The van der Waals surface area contributed by atoms with Crippen molar-refractivity contribution in [2.24, 2.45) is 0 Å². The van der Waals surface area contributed by atoms with Gasteiger partial charge < -0.3 is 10.1 Å². The second-order valence-electron chi connectivity index (χ2n) is 4.68. The molecule has 6 heteroatoms. The van der Waals surface area contributed by atoms with Crippen molar-refractivity contribution in [3.63, 3.8) is 0 Å². The van der Waals surface area contributed by atoms with E-state index in [2.05, 4.69) is 10.1 Å². The molecule has 0 aliphatic carbocycles. The lowest BCUT2D eigenvalue weighted by Gasteiger charge is -2.16. The van der Waals surface area contributed by atoms with E-state index in [0.717, 1.165) is 4.88 Å². The number of hydrogen-bond donors (Lipinski definition) is 1. The van der Waals surface area contributed by atoms with Crippen molar-refractivity contribution in [3.8, 4) is 0 Å². The second-order valence-corrected chi connectivity index (χ2v) is 5.66. The molecule has 1 aromatic heterocycles. The van der Waals surface area contributed by atoms with Crippen molar-refractivity contribution in [1.29, 1.82) is 0 Å². The van der Waals surface area contributed by atoms with Gasteiger partial charge >= 0.3 is 5.97 Å². The van der Waals surface area contributed by atoms with Gasteiger partial charge in [-0.25, -0.2) is 4.39 Å². The van der Waals surface area contributed by atoms with Gasteiger partial charge in [0.1, 0.15) is 5.82 Å². The fourth-order valence-electron chi connectivity index (χ4n) is 2.02. The predicted octanol–water partition coefficient (Wildman–Crippen LogP) is 2.85. The maximum absolute atomic E-state index is 13.6. The zero-order valence-electron chi connectivity index (χ0n) is 12.0. The van der Waals surface area contributed by atoms with Crippen molar-refractivity contribution in [2.75, 3.05) is 7.11 Å². The Morgan fingerprint density at radius 1 is 1.27 bits per heavy atom. The van der Waals surface area contributed by atoms with Gasteiger partial charge in [0.25, 0.3) is 0 Å². The molecular weight excluding hydrogens is 305 g/mol. The Morgan fingerprint density at radius 2 is 2.05 bits per heavy atom. The quantitative estimate of drug-likeness (QED) is 0.832. The molecule has 4 nitrogen and oxygen atoms in total. The van der Waals surface area contributed by atoms with Gasteiger partial charge in [0.05, 0.1) is 26.0 Å². The highest BCUT2D eigenvalue weighted by Gasteiger charge is 2.20. The first-order valence-electron chi connectivity index (χ1n) is 6.73. The fraction of sp³-hybridized carbons (Fsp3) is 0.250. The number of thiophene rings is 1. The van der Waals surface area contributed by atoms with Crippen LogP contribution in [0.1, 0.15) is 22.9 Å². The molecule has 0 saturated carbocycles. The zero-order chi connectivity index (χ0) is 15.9. The standard InChI is InChI=1S/C16H16FNO3S/c1-21-16(20)10-13(14-7-4-8-22-14)18-15(19)9-11-5-2-3-6-12(11)17/h2-8,13H,9-10H2,1H3,(H,18,19)/t13-/m0/s1. The molecular formula is C16H16FNO3S. The lowest BCUT2D eigenvalue weighted by atomic mass is 10.1. The van der Waals surface area contributed by atoms with Crippen LogP contribution >= 0.6 is 11.3 Å². The number of ether oxygens (including phenoxy) is 1. The number of rotatable bonds is 6. The van der Waals surface area contributed by atoms with Crippen LogP contribution in [0, 0.1) is 5.82 Å². The van der Waals surface area contributed by atoms with Gasteiger partial charge in [-0.05, 0) is 23.1 Å². The maximum Gasteiger partial charge on any atom is 0.307 e. The number of methoxy groups -OCH3 is 1. The molecule has 22 heavy (non-hydrogen) atoms. The molecule has 1 amide bonds. The van der Waals surface area contributed by atoms with E-state index in [-0.39, 0.29) is 18.7 Å².